The summed E-state index contributed by atoms with van der Waals surface area (Å²) in [5.74, 6) is -0.304. The summed E-state index contributed by atoms with van der Waals surface area (Å²) >= 11 is 0. The van der Waals surface area contributed by atoms with E-state index in [1.807, 2.05) is 51.1 Å². The van der Waals surface area contributed by atoms with Crippen molar-refractivity contribution < 1.29 is 13.5 Å². The van der Waals surface area contributed by atoms with E-state index < -0.39 is 17.1 Å². The molecular weight excluding hydrogens is 413 g/mol. The van der Waals surface area contributed by atoms with Crippen LogP contribution in [0.25, 0.3) is 16.5 Å². The van der Waals surface area contributed by atoms with Crippen LogP contribution < -0.4 is 11.3 Å². The molecule has 166 valence electrons. The van der Waals surface area contributed by atoms with Gasteiger partial charge in [-0.05, 0) is 41.5 Å². The zero-order valence-corrected chi connectivity index (χ0v) is 18.2. The molecule has 0 radical (unpaired) electrons. The third-order valence-electron chi connectivity index (χ3n) is 5.36. The second kappa shape index (κ2) is 8.92. The molecule has 0 unspecified atom stereocenters. The maximum absolute atomic E-state index is 15.0. The summed E-state index contributed by atoms with van der Waals surface area (Å²) in [5.41, 5.74) is 0.620. The second-order valence-electron chi connectivity index (χ2n) is 7.82. The van der Waals surface area contributed by atoms with Gasteiger partial charge in [0.25, 0.3) is 0 Å². The van der Waals surface area contributed by atoms with E-state index in [0.717, 1.165) is 21.9 Å². The molecule has 4 aromatic rings. The predicted octanol–water partition coefficient (Wildman–Crippen LogP) is 4.14. The Labute approximate surface area is 183 Å². The summed E-state index contributed by atoms with van der Waals surface area (Å²) in [6.45, 7) is 6.52. The monoisotopic (exact) mass is 437 g/mol. The van der Waals surface area contributed by atoms with Crippen LogP contribution >= 0.6 is 0 Å². The summed E-state index contributed by atoms with van der Waals surface area (Å²) in [6, 6.07) is 12.2. The fourth-order valence-corrected chi connectivity index (χ4v) is 3.68. The molecular formula is C24H24FN3O4. The molecule has 0 atom stereocenters. The summed E-state index contributed by atoms with van der Waals surface area (Å²) in [6.07, 6.45) is 1.38. The molecule has 0 amide bonds. The fourth-order valence-electron chi connectivity index (χ4n) is 3.68. The van der Waals surface area contributed by atoms with Gasteiger partial charge >= 0.3 is 11.3 Å². The van der Waals surface area contributed by atoms with E-state index in [9.17, 15) is 14.0 Å². The lowest BCUT2D eigenvalue weighted by molar-refractivity contribution is 0.0989. The minimum absolute atomic E-state index is 0.0218. The van der Waals surface area contributed by atoms with Gasteiger partial charge in [-0.3, -0.25) is 4.57 Å². The van der Waals surface area contributed by atoms with Gasteiger partial charge in [-0.1, -0.05) is 44.2 Å². The number of fused-ring (bicyclic) bond motifs is 1. The molecule has 32 heavy (non-hydrogen) atoms. The van der Waals surface area contributed by atoms with Crippen LogP contribution in [0.5, 0.6) is 0 Å². The van der Waals surface area contributed by atoms with Crippen molar-refractivity contribution in [3.05, 3.63) is 92.4 Å². The third kappa shape index (κ3) is 4.01. The van der Waals surface area contributed by atoms with Crippen molar-refractivity contribution in [3.63, 3.8) is 0 Å². The van der Waals surface area contributed by atoms with Gasteiger partial charge in [0.1, 0.15) is 18.1 Å². The highest BCUT2D eigenvalue weighted by Crippen LogP contribution is 2.27. The first-order chi connectivity index (χ1) is 15.4. The Bertz CT molecular complexity index is 1370. The van der Waals surface area contributed by atoms with Gasteiger partial charge in [0.2, 0.25) is 0 Å². The second-order valence-corrected chi connectivity index (χ2v) is 7.82. The molecule has 0 N–H and O–H groups in total. The molecule has 0 aliphatic heterocycles. The maximum atomic E-state index is 15.0. The van der Waals surface area contributed by atoms with Crippen LogP contribution in [0.1, 0.15) is 43.6 Å². The molecule has 0 spiro atoms. The molecule has 0 saturated heterocycles. The molecule has 4 rings (SSSR count). The van der Waals surface area contributed by atoms with Crippen molar-refractivity contribution in [2.75, 3.05) is 0 Å². The lowest BCUT2D eigenvalue weighted by Crippen LogP contribution is -2.24. The minimum Gasteiger partial charge on any atom is -0.431 e. The van der Waals surface area contributed by atoms with Crippen LogP contribution in [-0.4, -0.2) is 14.3 Å². The highest BCUT2D eigenvalue weighted by molar-refractivity contribution is 5.86. The molecule has 8 heteroatoms. The molecule has 2 heterocycles. The average Bonchev–Trinajstić information content (AvgIpc) is 3.09. The summed E-state index contributed by atoms with van der Waals surface area (Å²) in [7, 11) is 0. The number of ether oxygens (including phenoxy) is 1. The number of benzene rings is 2. The number of hydrogen-bond donors (Lipinski definition) is 0. The highest BCUT2D eigenvalue weighted by Gasteiger charge is 2.20. The Morgan fingerprint density at radius 2 is 1.84 bits per heavy atom. The zero-order chi connectivity index (χ0) is 22.8. The van der Waals surface area contributed by atoms with Crippen molar-refractivity contribution in [3.8, 4) is 5.69 Å². The number of aromatic nitrogens is 3. The molecule has 0 saturated carbocycles. The van der Waals surface area contributed by atoms with Gasteiger partial charge in [-0.2, -0.15) is 4.68 Å². The van der Waals surface area contributed by atoms with Crippen molar-refractivity contribution in [1.82, 2.24) is 14.3 Å². The van der Waals surface area contributed by atoms with Crippen molar-refractivity contribution >= 4 is 10.8 Å². The normalized spacial score (nSPS) is 11.5. The summed E-state index contributed by atoms with van der Waals surface area (Å²) in [4.78, 5) is 25.1. The van der Waals surface area contributed by atoms with Gasteiger partial charge in [0, 0.05) is 6.54 Å². The standard InChI is InChI=1S/C24H24FN3O4/c1-4-27-22(14-31-12-16-8-6-5-7-9-16)26-28(24(27)30)21-11-17-18(10-20(21)25)23(29)32-13-19(17)15(2)3/h5-11,13,15H,4,12,14H2,1-3H3. The first-order valence-electron chi connectivity index (χ1n) is 10.5. The van der Waals surface area contributed by atoms with Crippen LogP contribution in [0, 0.1) is 5.82 Å². The quantitative estimate of drug-likeness (QED) is 0.434. The number of nitrogens with zero attached hydrogens (tertiary/aromatic N) is 3. The van der Waals surface area contributed by atoms with Crippen LogP contribution in [0.4, 0.5) is 4.39 Å². The molecule has 0 aliphatic carbocycles. The Morgan fingerprint density at radius 1 is 1.09 bits per heavy atom. The van der Waals surface area contributed by atoms with Crippen LogP contribution in [0.3, 0.4) is 0 Å². The largest absolute Gasteiger partial charge is 0.431 e. The summed E-state index contributed by atoms with van der Waals surface area (Å²) in [5, 5.41) is 5.01. The van der Waals surface area contributed by atoms with E-state index in [-0.39, 0.29) is 23.6 Å². The smallest absolute Gasteiger partial charge is 0.350 e. The Hall–Kier alpha value is -3.52. The van der Waals surface area contributed by atoms with Crippen molar-refractivity contribution in [2.45, 2.75) is 46.4 Å². The zero-order valence-electron chi connectivity index (χ0n) is 18.2. The Balaban J connectivity index is 1.75. The highest BCUT2D eigenvalue weighted by atomic mass is 19.1. The lowest BCUT2D eigenvalue weighted by Gasteiger charge is -2.10. The molecule has 0 aliphatic rings. The van der Waals surface area contributed by atoms with Gasteiger partial charge < -0.3 is 9.15 Å². The number of rotatable bonds is 7. The van der Waals surface area contributed by atoms with E-state index in [2.05, 4.69) is 5.10 Å². The van der Waals surface area contributed by atoms with Gasteiger partial charge in [-0.25, -0.2) is 14.0 Å². The molecule has 0 fully saturated rings. The van der Waals surface area contributed by atoms with E-state index in [4.69, 9.17) is 9.15 Å². The van der Waals surface area contributed by atoms with Crippen molar-refractivity contribution in [2.24, 2.45) is 0 Å². The molecule has 2 aromatic heterocycles. The Morgan fingerprint density at radius 3 is 2.53 bits per heavy atom. The fraction of sp³-hybridized carbons (Fsp3) is 0.292. The van der Waals surface area contributed by atoms with E-state index in [0.29, 0.717) is 24.4 Å². The predicted molar refractivity (Wildman–Crippen MR) is 119 cm³/mol. The van der Waals surface area contributed by atoms with E-state index >= 15 is 0 Å². The van der Waals surface area contributed by atoms with Gasteiger partial charge in [-0.15, -0.1) is 5.10 Å². The molecule has 0 bridgehead atoms. The van der Waals surface area contributed by atoms with Gasteiger partial charge in [0.15, 0.2) is 5.82 Å². The summed E-state index contributed by atoms with van der Waals surface area (Å²) < 4.78 is 28.3. The van der Waals surface area contributed by atoms with Crippen LogP contribution in [0.15, 0.2) is 62.7 Å². The first kappa shape index (κ1) is 21.7. The number of hydrogen-bond acceptors (Lipinski definition) is 5. The maximum Gasteiger partial charge on any atom is 0.350 e. The van der Waals surface area contributed by atoms with Gasteiger partial charge in [0.05, 0.1) is 18.3 Å². The average molecular weight is 437 g/mol. The third-order valence-corrected chi connectivity index (χ3v) is 5.36. The van der Waals surface area contributed by atoms with Crippen molar-refractivity contribution in [1.29, 1.82) is 0 Å². The molecule has 7 nitrogen and oxygen atoms in total. The van der Waals surface area contributed by atoms with E-state index in [1.165, 1.54) is 16.9 Å². The van der Waals surface area contributed by atoms with E-state index in [1.54, 1.807) is 0 Å². The lowest BCUT2D eigenvalue weighted by atomic mass is 9.99. The minimum atomic E-state index is -0.731. The topological polar surface area (TPSA) is 79.3 Å². The van der Waals surface area contributed by atoms with Crippen LogP contribution in [-0.2, 0) is 24.5 Å². The molecule has 2 aromatic carbocycles. The first-order valence-corrected chi connectivity index (χ1v) is 10.5. The Kier molecular flexibility index (Phi) is 6.05. The van der Waals surface area contributed by atoms with Crippen LogP contribution in [0.2, 0.25) is 0 Å². The number of halogens is 1. The SMILES string of the molecule is CCn1c(COCc2ccccc2)nn(-c2cc3c(C(C)C)coc(=O)c3cc2F)c1=O.